The number of rotatable bonds is 2. The normalized spacial score (nSPS) is 23.5. The lowest BCUT2D eigenvalue weighted by Gasteiger charge is -2.33. The number of hydrogen-bond acceptors (Lipinski definition) is 3. The zero-order chi connectivity index (χ0) is 16.4. The molecule has 0 spiro atoms. The van der Waals surface area contributed by atoms with Gasteiger partial charge in [0, 0.05) is 37.8 Å². The van der Waals surface area contributed by atoms with Crippen molar-refractivity contribution in [1.29, 1.82) is 5.26 Å². The van der Waals surface area contributed by atoms with E-state index in [1.54, 1.807) is 4.90 Å². The molecule has 2 aliphatic rings. The molecule has 2 heterocycles. The van der Waals surface area contributed by atoms with Crippen LogP contribution in [0, 0.1) is 28.4 Å². The van der Waals surface area contributed by atoms with Crippen LogP contribution in [-0.2, 0) is 9.53 Å². The minimum absolute atomic E-state index is 0.0424. The molecular weight excluding hydrogens is 302 g/mol. The lowest BCUT2D eigenvalue weighted by Crippen LogP contribution is -2.45. The molecule has 1 atom stereocenters. The van der Waals surface area contributed by atoms with E-state index in [0.29, 0.717) is 39.0 Å². The number of amides is 1. The van der Waals surface area contributed by atoms with Crippen LogP contribution in [0.5, 0.6) is 0 Å². The molecule has 6 heteroatoms. The highest BCUT2D eigenvalue weighted by Crippen LogP contribution is 2.37. The first-order valence-electron chi connectivity index (χ1n) is 7.80. The average molecular weight is 320 g/mol. The standard InChI is InChI=1S/C17H18F2N2O2/c18-13-2-1-3-14(19)15(13)12-4-7-21(10-12)16(22)17(11-20)5-8-23-9-6-17/h1-3,12H,4-10H2. The van der Waals surface area contributed by atoms with Gasteiger partial charge in [0.15, 0.2) is 0 Å². The van der Waals surface area contributed by atoms with E-state index in [-0.39, 0.29) is 23.9 Å². The van der Waals surface area contributed by atoms with E-state index in [1.807, 2.05) is 0 Å². The number of hydrogen-bond donors (Lipinski definition) is 0. The Kier molecular flexibility index (Phi) is 4.31. The van der Waals surface area contributed by atoms with Crippen LogP contribution in [0.2, 0.25) is 0 Å². The summed E-state index contributed by atoms with van der Waals surface area (Å²) in [7, 11) is 0. The van der Waals surface area contributed by atoms with E-state index in [1.165, 1.54) is 18.2 Å². The highest BCUT2D eigenvalue weighted by molar-refractivity contribution is 5.86. The fourth-order valence-corrected chi connectivity index (χ4v) is 3.48. The maximum absolute atomic E-state index is 13.9. The first-order chi connectivity index (χ1) is 11.1. The molecule has 3 rings (SSSR count). The summed E-state index contributed by atoms with van der Waals surface area (Å²) in [6.45, 7) is 1.44. The predicted molar refractivity (Wildman–Crippen MR) is 78.4 cm³/mol. The van der Waals surface area contributed by atoms with Gasteiger partial charge in [-0.2, -0.15) is 5.26 Å². The Hall–Kier alpha value is -2.00. The minimum atomic E-state index is -1.05. The van der Waals surface area contributed by atoms with Gasteiger partial charge in [-0.1, -0.05) is 6.07 Å². The Morgan fingerprint density at radius 3 is 2.57 bits per heavy atom. The Labute approximate surface area is 133 Å². The zero-order valence-electron chi connectivity index (χ0n) is 12.7. The number of benzene rings is 1. The highest BCUT2D eigenvalue weighted by Gasteiger charge is 2.45. The molecule has 4 nitrogen and oxygen atoms in total. The maximum Gasteiger partial charge on any atom is 0.243 e. The third-order valence-corrected chi connectivity index (χ3v) is 4.85. The zero-order valence-corrected chi connectivity index (χ0v) is 12.7. The van der Waals surface area contributed by atoms with E-state index in [4.69, 9.17) is 4.74 Å². The lowest BCUT2D eigenvalue weighted by atomic mass is 9.80. The van der Waals surface area contributed by atoms with Gasteiger partial charge in [0.1, 0.15) is 17.0 Å². The molecule has 0 N–H and O–H groups in total. The van der Waals surface area contributed by atoms with Crippen LogP contribution < -0.4 is 0 Å². The van der Waals surface area contributed by atoms with Crippen LogP contribution in [0.4, 0.5) is 8.78 Å². The van der Waals surface area contributed by atoms with Crippen molar-refractivity contribution in [3.8, 4) is 6.07 Å². The van der Waals surface area contributed by atoms with Crippen molar-refractivity contribution in [1.82, 2.24) is 4.90 Å². The lowest BCUT2D eigenvalue weighted by molar-refractivity contribution is -0.142. The number of likely N-dealkylation sites (tertiary alicyclic amines) is 1. The van der Waals surface area contributed by atoms with Crippen molar-refractivity contribution in [2.45, 2.75) is 25.2 Å². The van der Waals surface area contributed by atoms with Gasteiger partial charge in [-0.25, -0.2) is 8.78 Å². The number of nitrogens with zero attached hydrogens (tertiary/aromatic N) is 2. The van der Waals surface area contributed by atoms with Gasteiger partial charge in [0.2, 0.25) is 5.91 Å². The molecule has 1 aromatic carbocycles. The smallest absolute Gasteiger partial charge is 0.243 e. The summed E-state index contributed by atoms with van der Waals surface area (Å²) < 4.78 is 33.1. The first-order valence-corrected chi connectivity index (χ1v) is 7.80. The highest BCUT2D eigenvalue weighted by atomic mass is 19.1. The predicted octanol–water partition coefficient (Wildman–Crippen LogP) is 2.60. The molecule has 2 fully saturated rings. The minimum Gasteiger partial charge on any atom is -0.381 e. The fourth-order valence-electron chi connectivity index (χ4n) is 3.48. The van der Waals surface area contributed by atoms with Crippen LogP contribution in [0.25, 0.3) is 0 Å². The van der Waals surface area contributed by atoms with Crippen molar-refractivity contribution >= 4 is 5.91 Å². The third kappa shape index (κ3) is 2.81. The van der Waals surface area contributed by atoms with Crippen molar-refractivity contribution in [2.75, 3.05) is 26.3 Å². The fraction of sp³-hybridized carbons (Fsp3) is 0.529. The molecule has 0 aliphatic carbocycles. The summed E-state index contributed by atoms with van der Waals surface area (Å²) in [6, 6.07) is 5.95. The van der Waals surface area contributed by atoms with Crippen LogP contribution in [0.3, 0.4) is 0 Å². The molecule has 122 valence electrons. The largest absolute Gasteiger partial charge is 0.381 e. The molecule has 1 amide bonds. The summed E-state index contributed by atoms with van der Waals surface area (Å²) in [6.07, 6.45) is 1.25. The molecule has 1 aromatic rings. The number of halogens is 2. The quantitative estimate of drug-likeness (QED) is 0.841. The van der Waals surface area contributed by atoms with E-state index in [0.717, 1.165) is 0 Å². The molecule has 2 aliphatic heterocycles. The summed E-state index contributed by atoms with van der Waals surface area (Å²) in [5, 5.41) is 9.47. The second-order valence-corrected chi connectivity index (χ2v) is 6.18. The van der Waals surface area contributed by atoms with Crippen LogP contribution in [0.1, 0.15) is 30.7 Å². The monoisotopic (exact) mass is 320 g/mol. The number of carbonyl (C=O) groups is 1. The van der Waals surface area contributed by atoms with Crippen molar-refractivity contribution < 1.29 is 18.3 Å². The molecule has 2 saturated heterocycles. The Bertz CT molecular complexity index is 630. The van der Waals surface area contributed by atoms with Crippen molar-refractivity contribution in [3.63, 3.8) is 0 Å². The summed E-state index contributed by atoms with van der Waals surface area (Å²) in [5.74, 6) is -1.76. The van der Waals surface area contributed by atoms with Gasteiger partial charge in [-0.3, -0.25) is 4.79 Å². The van der Waals surface area contributed by atoms with Gasteiger partial charge >= 0.3 is 0 Å². The Balaban J connectivity index is 1.77. The molecule has 1 unspecified atom stereocenters. The van der Waals surface area contributed by atoms with E-state index in [2.05, 4.69) is 6.07 Å². The number of ether oxygens (including phenoxy) is 1. The number of carbonyl (C=O) groups excluding carboxylic acids is 1. The summed E-state index contributed by atoms with van der Waals surface area (Å²) in [5.41, 5.74) is -1.01. The van der Waals surface area contributed by atoms with Gasteiger partial charge in [0.05, 0.1) is 6.07 Å². The molecule has 0 saturated carbocycles. The first kappa shape index (κ1) is 15.9. The summed E-state index contributed by atoms with van der Waals surface area (Å²) in [4.78, 5) is 14.3. The SMILES string of the molecule is N#CC1(C(=O)N2CCC(c3c(F)cccc3F)C2)CCOCC1. The molecule has 0 aromatic heterocycles. The topological polar surface area (TPSA) is 53.3 Å². The van der Waals surface area contributed by atoms with Crippen molar-refractivity contribution in [2.24, 2.45) is 5.41 Å². The molecule has 23 heavy (non-hydrogen) atoms. The molecular formula is C17H18F2N2O2. The van der Waals surface area contributed by atoms with Gasteiger partial charge in [-0.15, -0.1) is 0 Å². The van der Waals surface area contributed by atoms with Crippen LogP contribution in [-0.4, -0.2) is 37.1 Å². The van der Waals surface area contributed by atoms with E-state index >= 15 is 0 Å². The van der Waals surface area contributed by atoms with Gasteiger partial charge < -0.3 is 9.64 Å². The Morgan fingerprint density at radius 2 is 1.96 bits per heavy atom. The van der Waals surface area contributed by atoms with Gasteiger partial charge in [-0.05, 0) is 31.4 Å². The third-order valence-electron chi connectivity index (χ3n) is 4.85. The second kappa shape index (κ2) is 6.25. The number of nitriles is 1. The average Bonchev–Trinajstić information content (AvgIpc) is 3.04. The Morgan fingerprint density at radius 1 is 1.30 bits per heavy atom. The summed E-state index contributed by atoms with van der Waals surface area (Å²) >= 11 is 0. The molecule has 0 bridgehead atoms. The van der Waals surface area contributed by atoms with Crippen LogP contribution in [0.15, 0.2) is 18.2 Å². The molecule has 0 radical (unpaired) electrons. The van der Waals surface area contributed by atoms with Gasteiger partial charge in [0.25, 0.3) is 0 Å². The van der Waals surface area contributed by atoms with Crippen LogP contribution >= 0.6 is 0 Å². The second-order valence-electron chi connectivity index (χ2n) is 6.18. The van der Waals surface area contributed by atoms with E-state index in [9.17, 15) is 18.8 Å². The van der Waals surface area contributed by atoms with Crippen molar-refractivity contribution in [3.05, 3.63) is 35.4 Å². The van der Waals surface area contributed by atoms with E-state index < -0.39 is 17.0 Å². The maximum atomic E-state index is 13.9.